The van der Waals surface area contributed by atoms with E-state index in [9.17, 15) is 29.4 Å². The van der Waals surface area contributed by atoms with E-state index >= 15 is 0 Å². The van der Waals surface area contributed by atoms with Gasteiger partial charge in [-0.25, -0.2) is 0 Å². The van der Waals surface area contributed by atoms with Gasteiger partial charge in [-0.15, -0.1) is 0 Å². The average Bonchev–Trinajstić information content (AvgIpc) is 2.38. The zero-order chi connectivity index (χ0) is 18.4. The van der Waals surface area contributed by atoms with Crippen LogP contribution in [0.5, 0.6) is 0 Å². The Labute approximate surface area is 133 Å². The van der Waals surface area contributed by atoms with Gasteiger partial charge in [0.05, 0.1) is 13.1 Å². The molecule has 0 aliphatic carbocycles. The van der Waals surface area contributed by atoms with Gasteiger partial charge < -0.3 is 21.7 Å². The lowest BCUT2D eigenvalue weighted by molar-refractivity contribution is -0.234. The highest BCUT2D eigenvalue weighted by Gasteiger charge is 2.60. The highest BCUT2D eigenvalue weighted by molar-refractivity contribution is 5.95. The molecule has 0 aromatic carbocycles. The van der Waals surface area contributed by atoms with E-state index < -0.39 is 53.6 Å². The number of nitrogens with two attached hydrogens (primary N) is 2. The summed E-state index contributed by atoms with van der Waals surface area (Å²) >= 11 is 0. The van der Waals surface area contributed by atoms with Crippen LogP contribution in [0, 0.1) is 5.41 Å². The summed E-state index contributed by atoms with van der Waals surface area (Å²) in [5, 5.41) is 21.0. The van der Waals surface area contributed by atoms with E-state index in [-0.39, 0.29) is 0 Å². The fraction of sp³-hybridized carbons (Fsp3) is 0.692. The molecule has 10 heteroatoms. The Bertz CT molecular complexity index is 571. The molecule has 6 N–H and O–H groups in total. The van der Waals surface area contributed by atoms with Crippen molar-refractivity contribution in [3.05, 3.63) is 0 Å². The second kappa shape index (κ2) is 5.46. The summed E-state index contributed by atoms with van der Waals surface area (Å²) in [6, 6.07) is 0. The number of carbonyl (C=O) groups is 4. The molecule has 4 amide bonds. The monoisotopic (exact) mass is 330 g/mol. The number of primary amides is 2. The lowest BCUT2D eigenvalue weighted by Crippen LogP contribution is -2.79. The molecule has 10 nitrogen and oxygen atoms in total. The Morgan fingerprint density at radius 3 is 1.57 bits per heavy atom. The van der Waals surface area contributed by atoms with Crippen LogP contribution in [0.15, 0.2) is 0 Å². The molecule has 1 aliphatic heterocycles. The average molecular weight is 330 g/mol. The first-order valence-electron chi connectivity index (χ1n) is 6.83. The summed E-state index contributed by atoms with van der Waals surface area (Å²) in [6.45, 7) is 3.79. The standard InChI is InChI=1S/C13H22N4O6/c1-7(18)16-5-13(23,9(15)20)17(10(21)11(2,3)4)6-12(16,22)8(14)19/h22-23H,5-6H2,1-4H3,(H2,14,19)(H2,15,20)/t12-,13-/m1/s1. The summed E-state index contributed by atoms with van der Waals surface area (Å²) in [7, 11) is 0. The highest BCUT2D eigenvalue weighted by atomic mass is 16.4. The lowest BCUT2D eigenvalue weighted by Gasteiger charge is -2.52. The summed E-state index contributed by atoms with van der Waals surface area (Å²) < 4.78 is 0. The van der Waals surface area contributed by atoms with Crippen LogP contribution in [-0.4, -0.2) is 68.2 Å². The number of aliphatic hydroxyl groups is 2. The minimum absolute atomic E-state index is 0.520. The number of nitrogens with zero attached hydrogens (tertiary/aromatic N) is 2. The van der Waals surface area contributed by atoms with E-state index in [0.29, 0.717) is 9.80 Å². The number of β-amino-alcohol motifs (C(OH)–C–C–N with tert-alkyl or cyclic N) is 2. The molecule has 2 atom stereocenters. The van der Waals surface area contributed by atoms with Crippen LogP contribution in [0.1, 0.15) is 27.7 Å². The van der Waals surface area contributed by atoms with Crippen molar-refractivity contribution in [3.8, 4) is 0 Å². The number of piperazine rings is 1. The number of carbonyl (C=O) groups excluding carboxylic acids is 4. The molecule has 1 heterocycles. The second-order valence-corrected chi connectivity index (χ2v) is 6.61. The Hall–Kier alpha value is -2.20. The largest absolute Gasteiger partial charge is 0.365 e. The minimum atomic E-state index is -2.57. The predicted molar refractivity (Wildman–Crippen MR) is 76.8 cm³/mol. The molecule has 0 radical (unpaired) electrons. The molecule has 1 saturated heterocycles. The molecule has 0 aromatic rings. The van der Waals surface area contributed by atoms with Crippen LogP contribution in [0.25, 0.3) is 0 Å². The van der Waals surface area contributed by atoms with Crippen LogP contribution in [0.3, 0.4) is 0 Å². The molecular weight excluding hydrogens is 308 g/mol. The molecule has 0 unspecified atom stereocenters. The maximum absolute atomic E-state index is 12.5. The molecule has 0 saturated carbocycles. The van der Waals surface area contributed by atoms with Gasteiger partial charge in [0.2, 0.25) is 23.3 Å². The zero-order valence-electron chi connectivity index (χ0n) is 13.5. The van der Waals surface area contributed by atoms with Gasteiger partial charge in [-0.3, -0.25) is 29.0 Å². The van der Waals surface area contributed by atoms with Crippen molar-refractivity contribution >= 4 is 23.6 Å². The zero-order valence-corrected chi connectivity index (χ0v) is 13.5. The number of amides is 4. The van der Waals surface area contributed by atoms with Gasteiger partial charge in [-0.1, -0.05) is 20.8 Å². The van der Waals surface area contributed by atoms with Gasteiger partial charge in [-0.2, -0.15) is 0 Å². The van der Waals surface area contributed by atoms with E-state index in [1.54, 1.807) is 0 Å². The van der Waals surface area contributed by atoms with Gasteiger partial charge in [0, 0.05) is 12.3 Å². The Balaban J connectivity index is 3.49. The smallest absolute Gasteiger partial charge is 0.272 e. The molecule has 1 rings (SSSR count). The minimum Gasteiger partial charge on any atom is -0.365 e. The van der Waals surface area contributed by atoms with Crippen LogP contribution in [0.4, 0.5) is 0 Å². The van der Waals surface area contributed by atoms with E-state index in [1.165, 1.54) is 20.8 Å². The predicted octanol–water partition coefficient (Wildman–Crippen LogP) is -2.93. The maximum atomic E-state index is 12.5. The summed E-state index contributed by atoms with van der Waals surface area (Å²) in [5.74, 6) is -4.17. The molecule has 130 valence electrons. The van der Waals surface area contributed by atoms with Gasteiger partial charge in [0.25, 0.3) is 11.8 Å². The number of rotatable bonds is 2. The summed E-state index contributed by atoms with van der Waals surface area (Å²) in [6.07, 6.45) is 0. The number of hydrogen-bond donors (Lipinski definition) is 4. The van der Waals surface area contributed by atoms with Crippen molar-refractivity contribution in [3.63, 3.8) is 0 Å². The molecule has 0 spiro atoms. The first-order valence-corrected chi connectivity index (χ1v) is 6.83. The molecule has 0 bridgehead atoms. The number of hydrogen-bond acceptors (Lipinski definition) is 6. The highest BCUT2D eigenvalue weighted by Crippen LogP contribution is 2.32. The SMILES string of the molecule is CC(=O)N1C[C@@](O)(C(N)=O)N(C(=O)C(C)(C)C)C[C@@]1(O)C(N)=O. The van der Waals surface area contributed by atoms with Crippen molar-refractivity contribution in [2.45, 2.75) is 39.1 Å². The van der Waals surface area contributed by atoms with E-state index in [4.69, 9.17) is 11.5 Å². The molecule has 23 heavy (non-hydrogen) atoms. The van der Waals surface area contributed by atoms with E-state index in [1.807, 2.05) is 0 Å². The van der Waals surface area contributed by atoms with Crippen molar-refractivity contribution in [2.75, 3.05) is 13.1 Å². The van der Waals surface area contributed by atoms with Crippen LogP contribution in [0.2, 0.25) is 0 Å². The fourth-order valence-electron chi connectivity index (χ4n) is 2.31. The van der Waals surface area contributed by atoms with Crippen LogP contribution in [-0.2, 0) is 19.2 Å². The Kier molecular flexibility index (Phi) is 4.47. The molecule has 1 fully saturated rings. The van der Waals surface area contributed by atoms with Crippen molar-refractivity contribution < 1.29 is 29.4 Å². The molecule has 0 aromatic heterocycles. The van der Waals surface area contributed by atoms with Gasteiger partial charge in [0.1, 0.15) is 0 Å². The van der Waals surface area contributed by atoms with Gasteiger partial charge in [0.15, 0.2) is 0 Å². The lowest BCUT2D eigenvalue weighted by atomic mass is 9.90. The van der Waals surface area contributed by atoms with Crippen LogP contribution >= 0.6 is 0 Å². The Morgan fingerprint density at radius 1 is 0.913 bits per heavy atom. The summed E-state index contributed by atoms with van der Waals surface area (Å²) in [5.41, 5.74) is 4.14. The first-order chi connectivity index (χ1) is 10.2. The fourth-order valence-corrected chi connectivity index (χ4v) is 2.31. The van der Waals surface area contributed by atoms with Crippen molar-refractivity contribution in [1.29, 1.82) is 0 Å². The topological polar surface area (TPSA) is 167 Å². The molecule has 1 aliphatic rings. The normalized spacial score (nSPS) is 28.4. The third-order valence-electron chi connectivity index (χ3n) is 3.71. The third kappa shape index (κ3) is 2.99. The van der Waals surface area contributed by atoms with Crippen molar-refractivity contribution in [2.24, 2.45) is 16.9 Å². The third-order valence-corrected chi connectivity index (χ3v) is 3.71. The van der Waals surface area contributed by atoms with Gasteiger partial charge in [-0.05, 0) is 0 Å². The first kappa shape index (κ1) is 18.8. The van der Waals surface area contributed by atoms with Crippen molar-refractivity contribution in [1.82, 2.24) is 9.80 Å². The van der Waals surface area contributed by atoms with Gasteiger partial charge >= 0.3 is 0 Å². The van der Waals surface area contributed by atoms with E-state index in [2.05, 4.69) is 0 Å². The second-order valence-electron chi connectivity index (χ2n) is 6.61. The summed E-state index contributed by atoms with van der Waals surface area (Å²) in [4.78, 5) is 48.7. The molecular formula is C13H22N4O6. The van der Waals surface area contributed by atoms with E-state index in [0.717, 1.165) is 6.92 Å². The Morgan fingerprint density at radius 2 is 1.26 bits per heavy atom. The maximum Gasteiger partial charge on any atom is 0.272 e. The van der Waals surface area contributed by atoms with Crippen LogP contribution < -0.4 is 11.5 Å². The quantitative estimate of drug-likeness (QED) is 0.423.